The van der Waals surface area contributed by atoms with Crippen LogP contribution in [0.5, 0.6) is 0 Å². The smallest absolute Gasteiger partial charge is 0.381 e. The minimum atomic E-state index is -5.02. The van der Waals surface area contributed by atoms with E-state index in [1.54, 1.807) is 18.0 Å². The Morgan fingerprint density at radius 3 is 2.14 bits per heavy atom. The molecule has 0 radical (unpaired) electrons. The molecule has 1 N–H and O–H groups in total. The van der Waals surface area contributed by atoms with Gasteiger partial charge in [-0.1, -0.05) is 6.07 Å². The first kappa shape index (κ1) is 32.7. The number of amides is 2. The summed E-state index contributed by atoms with van der Waals surface area (Å²) < 4.78 is 100. The summed E-state index contributed by atoms with van der Waals surface area (Å²) >= 11 is 0. The van der Waals surface area contributed by atoms with Crippen LogP contribution in [-0.2, 0) is 26.7 Å². The second kappa shape index (κ2) is 12.8. The van der Waals surface area contributed by atoms with Gasteiger partial charge in [-0.05, 0) is 80.1 Å². The SMILES string of the molecule is Cc1cc(F)ccc1[C@H]1CN(NC(=O)C2CCOCC2)CC[C@@H]1C(=O)N(C)[C@H](C)c1cc(C(F)(F)F)cc(C(F)(F)F)c1. The summed E-state index contributed by atoms with van der Waals surface area (Å²) in [6, 6.07) is 4.32. The zero-order valence-electron chi connectivity index (χ0n) is 24.0. The van der Waals surface area contributed by atoms with E-state index in [2.05, 4.69) is 5.43 Å². The third-order valence-electron chi connectivity index (χ3n) is 8.44. The number of nitrogens with zero attached hydrogens (tertiary/aromatic N) is 2. The van der Waals surface area contributed by atoms with E-state index in [0.29, 0.717) is 49.3 Å². The minimum Gasteiger partial charge on any atom is -0.381 e. The second-order valence-electron chi connectivity index (χ2n) is 11.3. The van der Waals surface area contributed by atoms with Crippen LogP contribution in [0.4, 0.5) is 30.7 Å². The Morgan fingerprint density at radius 2 is 1.58 bits per heavy atom. The molecule has 2 saturated heterocycles. The van der Waals surface area contributed by atoms with Crippen molar-refractivity contribution in [3.05, 3.63) is 70.0 Å². The minimum absolute atomic E-state index is 0.0513. The Kier molecular flexibility index (Phi) is 9.75. The number of carbonyl (C=O) groups excluding carboxylic acids is 2. The number of nitrogens with one attached hydrogen (secondary N) is 1. The summed E-state index contributed by atoms with van der Waals surface area (Å²) in [5.41, 5.74) is 0.923. The molecule has 0 spiro atoms. The second-order valence-corrected chi connectivity index (χ2v) is 11.3. The van der Waals surface area contributed by atoms with E-state index >= 15 is 0 Å². The standard InChI is InChI=1S/C30H34F7N3O3/c1-17-12-23(31)4-5-24(17)26-16-40(38-27(41)19-7-10-43-11-8-19)9-6-25(26)28(42)39(3)18(2)20-13-21(29(32,33)34)15-22(14-20)30(35,36)37/h4-5,12-15,18-19,25-26H,6-11,16H2,1-3H3,(H,38,41)/t18-,25+,26-/m1/s1. The van der Waals surface area contributed by atoms with Gasteiger partial charge in [-0.3, -0.25) is 15.0 Å². The third-order valence-corrected chi connectivity index (χ3v) is 8.44. The lowest BCUT2D eigenvalue weighted by Gasteiger charge is -2.41. The summed E-state index contributed by atoms with van der Waals surface area (Å²) in [6.45, 7) is 4.50. The number of ether oxygens (including phenoxy) is 1. The molecule has 6 nitrogen and oxygen atoms in total. The van der Waals surface area contributed by atoms with Gasteiger partial charge in [0.25, 0.3) is 0 Å². The lowest BCUT2D eigenvalue weighted by Crippen LogP contribution is -2.53. The summed E-state index contributed by atoms with van der Waals surface area (Å²) in [4.78, 5) is 28.0. The molecule has 2 aromatic rings. The summed E-state index contributed by atoms with van der Waals surface area (Å²) in [5.74, 6) is -2.62. The summed E-state index contributed by atoms with van der Waals surface area (Å²) in [6.07, 6.45) is -8.65. The number of hydrazine groups is 1. The quantitative estimate of drug-likeness (QED) is 0.389. The fourth-order valence-corrected chi connectivity index (χ4v) is 5.82. The number of benzene rings is 2. The Morgan fingerprint density at radius 1 is 0.977 bits per heavy atom. The molecule has 2 aromatic carbocycles. The number of halogens is 7. The Labute approximate surface area is 245 Å². The van der Waals surface area contributed by atoms with Crippen molar-refractivity contribution >= 4 is 11.8 Å². The fourth-order valence-electron chi connectivity index (χ4n) is 5.82. The zero-order chi connectivity index (χ0) is 31.7. The molecule has 2 aliphatic heterocycles. The van der Waals surface area contributed by atoms with E-state index in [4.69, 9.17) is 4.74 Å². The molecule has 4 rings (SSSR count). The van der Waals surface area contributed by atoms with Gasteiger partial charge in [0.2, 0.25) is 11.8 Å². The fraction of sp³-hybridized carbons (Fsp3) is 0.533. The Balaban J connectivity index is 1.61. The van der Waals surface area contributed by atoms with E-state index < -0.39 is 53.1 Å². The van der Waals surface area contributed by atoms with E-state index in [-0.39, 0.29) is 43.0 Å². The summed E-state index contributed by atoms with van der Waals surface area (Å²) in [5, 5.41) is 1.71. The van der Waals surface area contributed by atoms with Crippen LogP contribution in [0.25, 0.3) is 0 Å². The van der Waals surface area contributed by atoms with Gasteiger partial charge in [-0.2, -0.15) is 26.3 Å². The van der Waals surface area contributed by atoms with Crippen LogP contribution in [0.15, 0.2) is 36.4 Å². The van der Waals surface area contributed by atoms with Gasteiger partial charge in [0.05, 0.1) is 17.2 Å². The van der Waals surface area contributed by atoms with Crippen molar-refractivity contribution in [3.63, 3.8) is 0 Å². The third kappa shape index (κ3) is 7.67. The van der Waals surface area contributed by atoms with E-state index in [1.165, 1.54) is 26.1 Å². The van der Waals surface area contributed by atoms with E-state index in [9.17, 15) is 40.3 Å². The summed E-state index contributed by atoms with van der Waals surface area (Å²) in [7, 11) is 1.34. The van der Waals surface area contributed by atoms with Crippen molar-refractivity contribution in [1.82, 2.24) is 15.3 Å². The molecular weight excluding hydrogens is 583 g/mol. The molecule has 43 heavy (non-hydrogen) atoms. The van der Waals surface area contributed by atoms with Gasteiger partial charge >= 0.3 is 12.4 Å². The molecule has 0 unspecified atom stereocenters. The Hall–Kier alpha value is -3.19. The van der Waals surface area contributed by atoms with Crippen LogP contribution >= 0.6 is 0 Å². The molecule has 13 heteroatoms. The maximum atomic E-state index is 14.0. The lowest BCUT2D eigenvalue weighted by molar-refractivity contribution is -0.143. The highest BCUT2D eigenvalue weighted by atomic mass is 19.4. The molecule has 0 aliphatic carbocycles. The van der Waals surface area contributed by atoms with Gasteiger partial charge in [-0.15, -0.1) is 0 Å². The molecule has 2 fully saturated rings. The number of carbonyl (C=O) groups is 2. The number of piperidine rings is 1. The van der Waals surface area contributed by atoms with Crippen LogP contribution in [0.2, 0.25) is 0 Å². The highest BCUT2D eigenvalue weighted by Crippen LogP contribution is 2.40. The molecule has 2 amide bonds. The molecule has 2 heterocycles. The largest absolute Gasteiger partial charge is 0.416 e. The van der Waals surface area contributed by atoms with E-state index in [1.807, 2.05) is 0 Å². The molecule has 0 saturated carbocycles. The van der Waals surface area contributed by atoms with Crippen molar-refractivity contribution in [1.29, 1.82) is 0 Å². The monoisotopic (exact) mass is 617 g/mol. The predicted octanol–water partition coefficient (Wildman–Crippen LogP) is 6.25. The van der Waals surface area contributed by atoms with Gasteiger partial charge in [0.1, 0.15) is 5.82 Å². The average molecular weight is 618 g/mol. The molecule has 0 bridgehead atoms. The first-order chi connectivity index (χ1) is 20.1. The average Bonchev–Trinajstić information content (AvgIpc) is 2.95. The first-order valence-corrected chi connectivity index (χ1v) is 14.0. The van der Waals surface area contributed by atoms with Crippen LogP contribution in [0.1, 0.15) is 66.0 Å². The molecular formula is C30H34F7N3O3. The van der Waals surface area contributed by atoms with E-state index in [0.717, 1.165) is 4.90 Å². The maximum Gasteiger partial charge on any atom is 0.416 e. The van der Waals surface area contributed by atoms with Gasteiger partial charge in [0.15, 0.2) is 0 Å². The molecule has 0 aromatic heterocycles. The highest BCUT2D eigenvalue weighted by molar-refractivity contribution is 5.81. The first-order valence-electron chi connectivity index (χ1n) is 14.0. The van der Waals surface area contributed by atoms with Crippen molar-refractivity contribution in [2.75, 3.05) is 33.4 Å². The highest BCUT2D eigenvalue weighted by Gasteiger charge is 2.41. The van der Waals surface area contributed by atoms with Crippen LogP contribution in [0, 0.1) is 24.6 Å². The van der Waals surface area contributed by atoms with Gasteiger partial charge in [-0.25, -0.2) is 9.40 Å². The number of alkyl halides is 6. The van der Waals surface area contributed by atoms with Crippen molar-refractivity contribution in [2.24, 2.45) is 11.8 Å². The molecule has 3 atom stereocenters. The number of rotatable bonds is 6. The molecule has 236 valence electrons. The van der Waals surface area contributed by atoms with Gasteiger partial charge in [0, 0.05) is 51.1 Å². The van der Waals surface area contributed by atoms with Crippen molar-refractivity contribution in [3.8, 4) is 0 Å². The predicted molar refractivity (Wildman–Crippen MR) is 143 cm³/mol. The maximum absolute atomic E-state index is 14.0. The van der Waals surface area contributed by atoms with Crippen molar-refractivity contribution in [2.45, 2.75) is 57.4 Å². The van der Waals surface area contributed by atoms with Crippen molar-refractivity contribution < 1.29 is 45.1 Å². The van der Waals surface area contributed by atoms with Crippen LogP contribution < -0.4 is 5.43 Å². The lowest BCUT2D eigenvalue weighted by atomic mass is 9.78. The zero-order valence-corrected chi connectivity index (χ0v) is 24.0. The normalized spacial score (nSPS) is 21.3. The number of hydrogen-bond donors (Lipinski definition) is 1. The topological polar surface area (TPSA) is 61.9 Å². The van der Waals surface area contributed by atoms with Crippen LogP contribution in [0.3, 0.4) is 0 Å². The number of aryl methyl sites for hydroxylation is 1. The van der Waals surface area contributed by atoms with Gasteiger partial charge < -0.3 is 9.64 Å². The number of hydrogen-bond acceptors (Lipinski definition) is 4. The molecule has 2 aliphatic rings. The van der Waals surface area contributed by atoms with Crippen LogP contribution in [-0.4, -0.2) is 55.1 Å². The Bertz CT molecular complexity index is 1290.